The zero-order chi connectivity index (χ0) is 10.6. The van der Waals surface area contributed by atoms with Crippen LogP contribution in [0.25, 0.3) is 0 Å². The van der Waals surface area contributed by atoms with Gasteiger partial charge in [0, 0.05) is 17.9 Å². The van der Waals surface area contributed by atoms with Crippen molar-refractivity contribution in [2.24, 2.45) is 5.16 Å². The van der Waals surface area contributed by atoms with Gasteiger partial charge in [-0.25, -0.2) is 4.79 Å². The summed E-state index contributed by atoms with van der Waals surface area (Å²) in [4.78, 5) is 11.2. The number of rotatable bonds is 1. The lowest BCUT2D eigenvalue weighted by atomic mass is 9.97. The molecule has 0 amide bonds. The van der Waals surface area contributed by atoms with Crippen LogP contribution in [0.4, 0.5) is 0 Å². The van der Waals surface area contributed by atoms with Crippen molar-refractivity contribution in [3.8, 4) is 0 Å². The third kappa shape index (κ3) is 2.34. The quantitative estimate of drug-likeness (QED) is 0.296. The summed E-state index contributed by atoms with van der Waals surface area (Å²) in [6.45, 7) is 1.88. The molecule has 0 unspecified atom stereocenters. The average molecular weight is 193 g/mol. The predicted molar refractivity (Wildman–Crippen MR) is 51.2 cm³/mol. The van der Waals surface area contributed by atoms with E-state index in [-0.39, 0.29) is 0 Å². The maximum Gasteiger partial charge on any atom is 0.337 e. The lowest BCUT2D eigenvalue weighted by molar-refractivity contribution is -0.135. The summed E-state index contributed by atoms with van der Waals surface area (Å²) in [5.41, 5.74) is 2.11. The first-order chi connectivity index (χ1) is 6.67. The number of carbonyl (C=O) groups excluding carboxylic acids is 1. The molecule has 0 aromatic rings. The van der Waals surface area contributed by atoms with Crippen molar-refractivity contribution in [2.75, 3.05) is 7.11 Å². The van der Waals surface area contributed by atoms with Crippen LogP contribution in [-0.2, 0) is 9.53 Å². The Balaban J connectivity index is 3.05. The lowest BCUT2D eigenvalue weighted by Gasteiger charge is -2.09. The second-order valence-electron chi connectivity index (χ2n) is 3.00. The van der Waals surface area contributed by atoms with Crippen LogP contribution in [0, 0.1) is 0 Å². The molecule has 0 radical (unpaired) electrons. The molecule has 1 aliphatic carbocycles. The van der Waals surface area contributed by atoms with E-state index in [0.717, 1.165) is 5.57 Å². The van der Waals surface area contributed by atoms with Crippen molar-refractivity contribution >= 4 is 11.8 Å². The van der Waals surface area contributed by atoms with Gasteiger partial charge in [-0.15, -0.1) is 0 Å². The van der Waals surface area contributed by atoms with Crippen molar-refractivity contribution < 1.29 is 14.7 Å². The van der Waals surface area contributed by atoms with Gasteiger partial charge in [0.05, 0.1) is 12.7 Å². The van der Waals surface area contributed by atoms with Gasteiger partial charge in [0.1, 0.15) is 0 Å². The van der Waals surface area contributed by atoms with Gasteiger partial charge >= 0.3 is 5.97 Å². The Kier molecular flexibility index (Phi) is 3.26. The van der Waals surface area contributed by atoms with E-state index in [2.05, 4.69) is 15.8 Å². The molecule has 1 rings (SSSR count). The second-order valence-corrected chi connectivity index (χ2v) is 3.00. The van der Waals surface area contributed by atoms with Crippen LogP contribution < -0.4 is 0 Å². The van der Waals surface area contributed by atoms with E-state index in [4.69, 9.17) is 5.21 Å². The Morgan fingerprint density at radius 2 is 2.36 bits per heavy atom. The summed E-state index contributed by atoms with van der Waals surface area (Å²) >= 11 is 0. The van der Waals surface area contributed by atoms with E-state index in [1.807, 2.05) is 6.92 Å². The molecule has 4 nitrogen and oxygen atoms in total. The fourth-order valence-corrected chi connectivity index (χ4v) is 1.27. The molecule has 0 spiro atoms. The van der Waals surface area contributed by atoms with Crippen LogP contribution in [0.1, 0.15) is 13.3 Å². The van der Waals surface area contributed by atoms with Gasteiger partial charge < -0.3 is 9.94 Å². The van der Waals surface area contributed by atoms with E-state index >= 15 is 0 Å². The third-order valence-corrected chi connectivity index (χ3v) is 1.82. The van der Waals surface area contributed by atoms with E-state index in [9.17, 15) is 4.79 Å². The highest BCUT2D eigenvalue weighted by Crippen LogP contribution is 2.20. The summed E-state index contributed by atoms with van der Waals surface area (Å²) in [6, 6.07) is 0. The Labute approximate surface area is 81.9 Å². The first-order valence-corrected chi connectivity index (χ1v) is 4.10. The van der Waals surface area contributed by atoms with E-state index in [1.165, 1.54) is 7.11 Å². The molecule has 0 aliphatic heterocycles. The zero-order valence-corrected chi connectivity index (χ0v) is 8.07. The first-order valence-electron chi connectivity index (χ1n) is 4.10. The highest BCUT2D eigenvalue weighted by atomic mass is 16.5. The van der Waals surface area contributed by atoms with Gasteiger partial charge in [-0.05, 0) is 24.2 Å². The maximum absolute atomic E-state index is 11.2. The van der Waals surface area contributed by atoms with Crippen LogP contribution in [0.15, 0.2) is 34.0 Å². The summed E-state index contributed by atoms with van der Waals surface area (Å²) in [6.07, 6.45) is 3.97. The normalized spacial score (nSPS) is 15.1. The summed E-state index contributed by atoms with van der Waals surface area (Å²) in [7, 11) is 1.32. The summed E-state index contributed by atoms with van der Waals surface area (Å²) in [5.74, 6) is 1.99. The average Bonchev–Trinajstić information content (AvgIpc) is 2.16. The van der Waals surface area contributed by atoms with E-state index < -0.39 is 5.97 Å². The second kappa shape index (κ2) is 4.44. The molecule has 1 N–H and O–H groups in total. The number of methoxy groups -OCH3 is 1. The predicted octanol–water partition coefficient (Wildman–Crippen LogP) is 1.42. The number of hydrogen-bond donors (Lipinski definition) is 1. The molecule has 0 saturated carbocycles. The minimum atomic E-state index is -0.402. The Morgan fingerprint density at radius 3 is 2.93 bits per heavy atom. The number of ether oxygens (including phenoxy) is 1. The fourth-order valence-electron chi connectivity index (χ4n) is 1.27. The molecule has 0 heterocycles. The summed E-state index contributed by atoms with van der Waals surface area (Å²) in [5, 5.41) is 11.1. The maximum atomic E-state index is 11.2. The lowest BCUT2D eigenvalue weighted by Crippen LogP contribution is -2.06. The molecule has 14 heavy (non-hydrogen) atoms. The first kappa shape index (κ1) is 10.3. The van der Waals surface area contributed by atoms with E-state index in [1.54, 1.807) is 12.2 Å². The van der Waals surface area contributed by atoms with Crippen LogP contribution in [0.3, 0.4) is 0 Å². The van der Waals surface area contributed by atoms with Gasteiger partial charge in [0.2, 0.25) is 0 Å². The van der Waals surface area contributed by atoms with Crippen molar-refractivity contribution in [1.82, 2.24) is 0 Å². The monoisotopic (exact) mass is 193 g/mol. The molecule has 74 valence electrons. The number of hydrogen-bond acceptors (Lipinski definition) is 4. The molecule has 0 aromatic heterocycles. The number of esters is 1. The van der Waals surface area contributed by atoms with Crippen molar-refractivity contribution in [3.05, 3.63) is 28.9 Å². The van der Waals surface area contributed by atoms with Crippen LogP contribution in [-0.4, -0.2) is 24.2 Å². The summed E-state index contributed by atoms with van der Waals surface area (Å²) < 4.78 is 4.58. The van der Waals surface area contributed by atoms with Gasteiger partial charge in [0.25, 0.3) is 0 Å². The van der Waals surface area contributed by atoms with Crippen LogP contribution in [0.5, 0.6) is 0 Å². The molecule has 1 aliphatic rings. The molecule has 0 aromatic carbocycles. The number of allylic oxidation sites excluding steroid dienone is 3. The molecule has 0 saturated heterocycles. The molecule has 0 bridgehead atoms. The van der Waals surface area contributed by atoms with Crippen LogP contribution >= 0.6 is 0 Å². The van der Waals surface area contributed by atoms with Crippen molar-refractivity contribution in [3.63, 3.8) is 0 Å². The Morgan fingerprint density at radius 1 is 1.64 bits per heavy atom. The van der Waals surface area contributed by atoms with Crippen molar-refractivity contribution in [2.45, 2.75) is 13.3 Å². The van der Waals surface area contributed by atoms with Gasteiger partial charge in [-0.1, -0.05) is 5.57 Å². The largest absolute Gasteiger partial charge is 0.465 e. The zero-order valence-electron chi connectivity index (χ0n) is 8.07. The number of nitrogens with zero attached hydrogens (tertiary/aromatic N) is 1. The molecule has 0 atom stereocenters. The van der Waals surface area contributed by atoms with Gasteiger partial charge in [0.15, 0.2) is 0 Å². The molecule has 0 fully saturated rings. The Bertz CT molecular complexity index is 371. The fraction of sp³-hybridized carbons (Fsp3) is 0.300. The number of carbonyl (C=O) groups is 1. The highest BCUT2D eigenvalue weighted by molar-refractivity contribution is 5.93. The highest BCUT2D eigenvalue weighted by Gasteiger charge is 2.13. The minimum absolute atomic E-state index is 0.402. The molecular weight excluding hydrogens is 182 g/mol. The van der Waals surface area contributed by atoms with E-state index in [0.29, 0.717) is 17.6 Å². The molecular formula is C10H11NO3. The van der Waals surface area contributed by atoms with Gasteiger partial charge in [-0.2, -0.15) is 0 Å². The smallest absolute Gasteiger partial charge is 0.337 e. The molecule has 4 heteroatoms. The van der Waals surface area contributed by atoms with Crippen molar-refractivity contribution in [1.29, 1.82) is 0 Å². The third-order valence-electron chi connectivity index (χ3n) is 1.82. The standard InChI is InChI=1S/C10H11NO3/c1-7-3-8(6-11-13)5-9(4-7)10(12)14-2/h4-5,13H,3H2,1-2H3. The van der Waals surface area contributed by atoms with Gasteiger partial charge in [-0.3, -0.25) is 0 Å². The topological polar surface area (TPSA) is 58.9 Å². The van der Waals surface area contributed by atoms with Crippen LogP contribution in [0.2, 0.25) is 0 Å². The SMILES string of the molecule is COC(=O)C1=CC(=C=NO)CC(C)=C1. The minimum Gasteiger partial charge on any atom is -0.465 e. The Hall–Kier alpha value is -1.80.